The number of unbranched alkanes of at least 4 members (excludes halogenated alkanes) is 1. The molecule has 0 atom stereocenters. The molecule has 18 heavy (non-hydrogen) atoms. The minimum atomic E-state index is 0.0206. The van der Waals surface area contributed by atoms with E-state index in [0.29, 0.717) is 11.6 Å². The number of hydrogen-bond acceptors (Lipinski definition) is 2. The molecule has 2 N–H and O–H groups in total. The fraction of sp³-hybridized carbons (Fsp3) is 0.786. The highest BCUT2D eigenvalue weighted by Crippen LogP contribution is 2.36. The van der Waals surface area contributed by atoms with Crippen LogP contribution in [0.2, 0.25) is 0 Å². The van der Waals surface area contributed by atoms with Gasteiger partial charge >= 0.3 is 0 Å². The molecule has 1 aromatic heterocycles. The fourth-order valence-corrected chi connectivity index (χ4v) is 3.13. The lowest BCUT2D eigenvalue weighted by Gasteiger charge is -2.16. The number of nitrogens with zero attached hydrogens (tertiary/aromatic N) is 2. The van der Waals surface area contributed by atoms with Crippen LogP contribution in [-0.4, -0.2) is 9.36 Å². The lowest BCUT2D eigenvalue weighted by atomic mass is 10.0. The lowest BCUT2D eigenvalue weighted by Crippen LogP contribution is -2.24. The van der Waals surface area contributed by atoms with Gasteiger partial charge < -0.3 is 5.73 Å². The van der Waals surface area contributed by atoms with Gasteiger partial charge in [-0.1, -0.05) is 26.2 Å². The number of nitrogens with two attached hydrogens (primary N) is 1. The largest absolute Gasteiger partial charge is 0.393 e. The van der Waals surface area contributed by atoms with Gasteiger partial charge in [0, 0.05) is 19.0 Å². The Labute approximate surface area is 109 Å². The second-order valence-corrected chi connectivity index (χ2v) is 5.28. The summed E-state index contributed by atoms with van der Waals surface area (Å²) >= 11 is 0. The van der Waals surface area contributed by atoms with Crippen molar-refractivity contribution < 1.29 is 0 Å². The third kappa shape index (κ3) is 2.20. The summed E-state index contributed by atoms with van der Waals surface area (Å²) in [5, 5.41) is 0. The van der Waals surface area contributed by atoms with Gasteiger partial charge in [-0.15, -0.1) is 0 Å². The summed E-state index contributed by atoms with van der Waals surface area (Å²) in [5.41, 5.74) is 7.71. The van der Waals surface area contributed by atoms with Crippen molar-refractivity contribution in [3.63, 3.8) is 0 Å². The van der Waals surface area contributed by atoms with E-state index in [4.69, 9.17) is 5.73 Å². The van der Waals surface area contributed by atoms with Gasteiger partial charge in [0.25, 0.3) is 5.56 Å². The van der Waals surface area contributed by atoms with Gasteiger partial charge in [0.1, 0.15) is 5.69 Å². The van der Waals surface area contributed by atoms with Crippen molar-refractivity contribution in [2.24, 2.45) is 0 Å². The van der Waals surface area contributed by atoms with Crippen LogP contribution in [0.1, 0.15) is 64.0 Å². The molecule has 0 aromatic carbocycles. The van der Waals surface area contributed by atoms with E-state index < -0.39 is 0 Å². The molecule has 102 valence electrons. The fourth-order valence-electron chi connectivity index (χ4n) is 3.13. The van der Waals surface area contributed by atoms with Gasteiger partial charge in [-0.25, -0.2) is 4.68 Å². The van der Waals surface area contributed by atoms with E-state index in [2.05, 4.69) is 18.5 Å². The third-order valence-electron chi connectivity index (χ3n) is 4.08. The van der Waals surface area contributed by atoms with Gasteiger partial charge in [0.2, 0.25) is 0 Å². The standard InChI is InChI=1S/C14H25N3O/c1-3-5-10-17-14(18)12(15)13(16(17)4-2)11-8-6-7-9-11/h11H,3-10,15H2,1-2H3. The second-order valence-electron chi connectivity index (χ2n) is 5.28. The second kappa shape index (κ2) is 5.63. The van der Waals surface area contributed by atoms with E-state index in [1.54, 1.807) is 0 Å². The molecule has 0 bridgehead atoms. The minimum absolute atomic E-state index is 0.0206. The molecule has 1 aromatic rings. The predicted molar refractivity (Wildman–Crippen MR) is 74.9 cm³/mol. The highest BCUT2D eigenvalue weighted by Gasteiger charge is 2.26. The summed E-state index contributed by atoms with van der Waals surface area (Å²) in [6.07, 6.45) is 7.03. The highest BCUT2D eigenvalue weighted by molar-refractivity contribution is 5.44. The third-order valence-corrected chi connectivity index (χ3v) is 4.08. The summed E-state index contributed by atoms with van der Waals surface area (Å²) in [7, 11) is 0. The number of hydrogen-bond donors (Lipinski definition) is 1. The summed E-state index contributed by atoms with van der Waals surface area (Å²) in [6.45, 7) is 5.87. The quantitative estimate of drug-likeness (QED) is 0.874. The molecule has 0 amide bonds. The number of rotatable bonds is 5. The van der Waals surface area contributed by atoms with Crippen LogP contribution in [0.5, 0.6) is 0 Å². The molecule has 1 fully saturated rings. The Morgan fingerprint density at radius 2 is 1.89 bits per heavy atom. The van der Waals surface area contributed by atoms with Crippen molar-refractivity contribution in [1.29, 1.82) is 0 Å². The van der Waals surface area contributed by atoms with Crippen molar-refractivity contribution in [3.8, 4) is 0 Å². The summed E-state index contributed by atoms with van der Waals surface area (Å²) in [6, 6.07) is 0. The molecule has 0 radical (unpaired) electrons. The van der Waals surface area contributed by atoms with Gasteiger partial charge in [-0.3, -0.25) is 9.48 Å². The summed E-state index contributed by atoms with van der Waals surface area (Å²) < 4.78 is 3.98. The molecule has 4 nitrogen and oxygen atoms in total. The van der Waals surface area contributed by atoms with Gasteiger partial charge in [0.15, 0.2) is 0 Å². The molecular formula is C14H25N3O. The Bertz CT molecular complexity index is 452. The SMILES string of the molecule is CCCCn1c(=O)c(N)c(C2CCCC2)n1CC. The molecule has 0 spiro atoms. The molecule has 1 heterocycles. The zero-order valence-electron chi connectivity index (χ0n) is 11.6. The first kappa shape index (κ1) is 13.2. The van der Waals surface area contributed by atoms with E-state index in [1.807, 2.05) is 4.68 Å². The maximum Gasteiger partial charge on any atom is 0.290 e. The normalized spacial score (nSPS) is 16.6. The zero-order valence-corrected chi connectivity index (χ0v) is 11.6. The summed E-state index contributed by atoms with van der Waals surface area (Å²) in [5.74, 6) is 0.500. The topological polar surface area (TPSA) is 52.9 Å². The van der Waals surface area contributed by atoms with E-state index in [1.165, 1.54) is 25.7 Å². The first-order chi connectivity index (χ1) is 8.70. The van der Waals surface area contributed by atoms with E-state index in [-0.39, 0.29) is 5.56 Å². The van der Waals surface area contributed by atoms with E-state index in [0.717, 1.165) is 31.6 Å². The van der Waals surface area contributed by atoms with E-state index >= 15 is 0 Å². The van der Waals surface area contributed by atoms with Crippen molar-refractivity contribution in [2.45, 2.75) is 71.4 Å². The van der Waals surface area contributed by atoms with Crippen LogP contribution in [0.3, 0.4) is 0 Å². The molecule has 0 unspecified atom stereocenters. The monoisotopic (exact) mass is 251 g/mol. The minimum Gasteiger partial charge on any atom is -0.393 e. The maximum atomic E-state index is 12.2. The number of anilines is 1. The molecule has 1 saturated carbocycles. The van der Waals surface area contributed by atoms with Crippen molar-refractivity contribution in [1.82, 2.24) is 9.36 Å². The van der Waals surface area contributed by atoms with Crippen molar-refractivity contribution >= 4 is 5.69 Å². The van der Waals surface area contributed by atoms with Gasteiger partial charge in [-0.2, -0.15) is 0 Å². The number of nitrogen functional groups attached to an aromatic ring is 1. The Morgan fingerprint density at radius 1 is 1.22 bits per heavy atom. The number of aromatic nitrogens is 2. The molecule has 1 aliphatic rings. The molecule has 2 rings (SSSR count). The Hall–Kier alpha value is -1.19. The first-order valence-electron chi connectivity index (χ1n) is 7.29. The van der Waals surface area contributed by atoms with Crippen molar-refractivity contribution in [2.75, 3.05) is 5.73 Å². The van der Waals surface area contributed by atoms with Crippen molar-refractivity contribution in [3.05, 3.63) is 16.0 Å². The average molecular weight is 251 g/mol. The van der Waals surface area contributed by atoms with Crippen LogP contribution < -0.4 is 11.3 Å². The molecular weight excluding hydrogens is 226 g/mol. The molecule has 0 aliphatic heterocycles. The molecule has 4 heteroatoms. The first-order valence-corrected chi connectivity index (χ1v) is 7.29. The van der Waals surface area contributed by atoms with Crippen LogP contribution in [0.4, 0.5) is 5.69 Å². The average Bonchev–Trinajstić information content (AvgIpc) is 2.96. The van der Waals surface area contributed by atoms with Gasteiger partial charge in [-0.05, 0) is 26.2 Å². The Balaban J connectivity index is 2.41. The predicted octanol–water partition coefficient (Wildman–Crippen LogP) is 2.71. The highest BCUT2D eigenvalue weighted by atomic mass is 16.1. The van der Waals surface area contributed by atoms with Crippen LogP contribution >= 0.6 is 0 Å². The van der Waals surface area contributed by atoms with Crippen LogP contribution in [0.25, 0.3) is 0 Å². The van der Waals surface area contributed by atoms with Gasteiger partial charge in [0.05, 0.1) is 5.69 Å². The zero-order chi connectivity index (χ0) is 13.1. The molecule has 1 aliphatic carbocycles. The maximum absolute atomic E-state index is 12.2. The Morgan fingerprint density at radius 3 is 2.44 bits per heavy atom. The smallest absolute Gasteiger partial charge is 0.290 e. The molecule has 0 saturated heterocycles. The van der Waals surface area contributed by atoms with Crippen LogP contribution in [0.15, 0.2) is 4.79 Å². The summed E-state index contributed by atoms with van der Waals surface area (Å²) in [4.78, 5) is 12.2. The lowest BCUT2D eigenvalue weighted by molar-refractivity contribution is 0.421. The van der Waals surface area contributed by atoms with Crippen LogP contribution in [0, 0.1) is 0 Å². The van der Waals surface area contributed by atoms with Crippen LogP contribution in [-0.2, 0) is 13.1 Å². The van der Waals surface area contributed by atoms with E-state index in [9.17, 15) is 4.79 Å². The Kier molecular flexibility index (Phi) is 4.15.